The number of carbonyl (C=O) groups excluding carboxylic acids is 1. The van der Waals surface area contributed by atoms with Gasteiger partial charge in [-0.25, -0.2) is 4.98 Å². The molecule has 1 amide bonds. The Labute approximate surface area is 180 Å². The van der Waals surface area contributed by atoms with Gasteiger partial charge in [-0.1, -0.05) is 18.9 Å². The topological polar surface area (TPSA) is 101 Å². The number of carbonyl (C=O) groups is 1. The highest BCUT2D eigenvalue weighted by atomic mass is 16.5. The van der Waals surface area contributed by atoms with Crippen molar-refractivity contribution in [1.82, 2.24) is 19.3 Å². The number of rotatable bonds is 7. The molecular formula is C23H29N5O3. The summed E-state index contributed by atoms with van der Waals surface area (Å²) in [6, 6.07) is 5.37. The van der Waals surface area contributed by atoms with Gasteiger partial charge < -0.3 is 14.6 Å². The third-order valence-corrected chi connectivity index (χ3v) is 5.94. The molecule has 0 bridgehead atoms. The Morgan fingerprint density at radius 3 is 2.84 bits per heavy atom. The number of aromatic nitrogens is 3. The number of nitrogens with one attached hydrogen (secondary N) is 2. The molecule has 3 heterocycles. The Balaban J connectivity index is 1.88. The normalized spacial score (nSPS) is 14.5. The monoisotopic (exact) mass is 423 g/mol. The summed E-state index contributed by atoms with van der Waals surface area (Å²) in [6.07, 6.45) is 6.45. The second kappa shape index (κ2) is 9.01. The maximum Gasteiger partial charge on any atom is 0.267 e. The number of aryl methyl sites for hydroxylation is 2. The van der Waals surface area contributed by atoms with Crippen molar-refractivity contribution >= 4 is 22.6 Å². The predicted octanol–water partition coefficient (Wildman–Crippen LogP) is 2.54. The summed E-state index contributed by atoms with van der Waals surface area (Å²) < 4.78 is 8.62. The van der Waals surface area contributed by atoms with E-state index in [-0.39, 0.29) is 28.6 Å². The second-order valence-corrected chi connectivity index (χ2v) is 8.10. The third-order valence-electron chi connectivity index (χ3n) is 5.94. The smallest absolute Gasteiger partial charge is 0.267 e. The molecule has 1 fully saturated rings. The van der Waals surface area contributed by atoms with Crippen molar-refractivity contribution in [3.63, 3.8) is 0 Å². The van der Waals surface area contributed by atoms with Crippen LogP contribution in [0, 0.1) is 12.3 Å². The Kier molecular flexibility index (Phi) is 6.18. The van der Waals surface area contributed by atoms with Gasteiger partial charge in [0.15, 0.2) is 0 Å². The van der Waals surface area contributed by atoms with E-state index in [9.17, 15) is 9.59 Å². The quantitative estimate of drug-likeness (QED) is 0.450. The van der Waals surface area contributed by atoms with E-state index in [1.165, 1.54) is 10.5 Å². The summed E-state index contributed by atoms with van der Waals surface area (Å²) in [5.74, 6) is -0.300. The van der Waals surface area contributed by atoms with Crippen LogP contribution >= 0.6 is 0 Å². The maximum atomic E-state index is 13.3. The van der Waals surface area contributed by atoms with Gasteiger partial charge in [-0.15, -0.1) is 0 Å². The Morgan fingerprint density at radius 2 is 2.10 bits per heavy atom. The minimum atomic E-state index is -0.300. The maximum absolute atomic E-state index is 13.3. The minimum Gasteiger partial charge on any atom is -0.382 e. The summed E-state index contributed by atoms with van der Waals surface area (Å²) in [5.41, 5.74) is 1.90. The highest BCUT2D eigenvalue weighted by Crippen LogP contribution is 2.18. The largest absolute Gasteiger partial charge is 0.382 e. The number of nitrogens with zero attached hydrogens (tertiary/aromatic N) is 3. The molecule has 1 aliphatic carbocycles. The van der Waals surface area contributed by atoms with E-state index in [4.69, 9.17) is 15.1 Å². The van der Waals surface area contributed by atoms with Crippen molar-refractivity contribution in [2.75, 3.05) is 13.2 Å². The van der Waals surface area contributed by atoms with Gasteiger partial charge in [-0.3, -0.25) is 19.4 Å². The van der Waals surface area contributed by atoms with Crippen molar-refractivity contribution in [3.05, 3.63) is 51.4 Å². The molecule has 0 aliphatic heterocycles. The van der Waals surface area contributed by atoms with Crippen molar-refractivity contribution < 1.29 is 9.53 Å². The van der Waals surface area contributed by atoms with Crippen LogP contribution in [0.4, 0.5) is 0 Å². The van der Waals surface area contributed by atoms with Crippen LogP contribution in [0.2, 0.25) is 0 Å². The minimum absolute atomic E-state index is 0.0735. The van der Waals surface area contributed by atoms with E-state index in [1.54, 1.807) is 16.8 Å². The number of hydrogen-bond donors (Lipinski definition) is 2. The number of amides is 1. The number of ether oxygens (including phenoxy) is 1. The lowest BCUT2D eigenvalue weighted by Gasteiger charge is -2.17. The summed E-state index contributed by atoms with van der Waals surface area (Å²) >= 11 is 0. The lowest BCUT2D eigenvalue weighted by Crippen LogP contribution is -2.38. The fourth-order valence-corrected chi connectivity index (χ4v) is 4.29. The van der Waals surface area contributed by atoms with Crippen LogP contribution in [0.5, 0.6) is 0 Å². The van der Waals surface area contributed by atoms with Crippen LogP contribution < -0.4 is 16.4 Å². The molecule has 31 heavy (non-hydrogen) atoms. The Hall–Kier alpha value is -3.00. The molecule has 164 valence electrons. The van der Waals surface area contributed by atoms with E-state index in [0.29, 0.717) is 42.9 Å². The van der Waals surface area contributed by atoms with Crippen LogP contribution in [0.25, 0.3) is 16.7 Å². The average molecular weight is 424 g/mol. The van der Waals surface area contributed by atoms with Crippen molar-refractivity contribution in [2.45, 2.75) is 58.5 Å². The summed E-state index contributed by atoms with van der Waals surface area (Å²) in [5, 5.41) is 12.1. The first-order valence-electron chi connectivity index (χ1n) is 11.0. The molecule has 3 aromatic heterocycles. The third kappa shape index (κ3) is 4.12. The van der Waals surface area contributed by atoms with E-state index in [2.05, 4.69) is 5.32 Å². The van der Waals surface area contributed by atoms with Crippen LogP contribution in [0.3, 0.4) is 0 Å². The SMILES string of the molecule is CCOCCCn1c(=N)c(C(=O)NC2CCCC2)cc2c(=O)n3cccc(C)c3nc21. The lowest BCUT2D eigenvalue weighted by molar-refractivity contribution is 0.0935. The molecule has 4 rings (SSSR count). The molecule has 0 saturated heterocycles. The fourth-order valence-electron chi connectivity index (χ4n) is 4.29. The molecule has 0 aromatic carbocycles. The van der Waals surface area contributed by atoms with Crippen molar-refractivity contribution in [2.24, 2.45) is 0 Å². The number of fused-ring (bicyclic) bond motifs is 2. The molecule has 0 radical (unpaired) electrons. The van der Waals surface area contributed by atoms with E-state index >= 15 is 0 Å². The van der Waals surface area contributed by atoms with Crippen molar-refractivity contribution in [3.8, 4) is 0 Å². The first kappa shape index (κ1) is 21.2. The molecule has 1 aliphatic rings. The highest BCUT2D eigenvalue weighted by Gasteiger charge is 2.22. The molecule has 1 saturated carbocycles. The van der Waals surface area contributed by atoms with E-state index < -0.39 is 0 Å². The molecular weight excluding hydrogens is 394 g/mol. The lowest BCUT2D eigenvalue weighted by atomic mass is 10.1. The Morgan fingerprint density at radius 1 is 1.32 bits per heavy atom. The fraction of sp³-hybridized carbons (Fsp3) is 0.478. The van der Waals surface area contributed by atoms with E-state index in [0.717, 1.165) is 31.2 Å². The standard InChI is InChI=1S/C23H29N5O3/c1-3-31-13-7-12-27-19(24)17(22(29)25-16-9-4-5-10-16)14-18-21(27)26-20-15(2)8-6-11-28(20)23(18)30/h6,8,11,14,16,24H,3-5,7,9-10,12-13H2,1-2H3,(H,25,29). The van der Waals surface area contributed by atoms with Gasteiger partial charge in [0.1, 0.15) is 16.8 Å². The van der Waals surface area contributed by atoms with Gasteiger partial charge in [0, 0.05) is 32.0 Å². The van der Waals surface area contributed by atoms with Crippen molar-refractivity contribution in [1.29, 1.82) is 5.41 Å². The van der Waals surface area contributed by atoms with Gasteiger partial charge >= 0.3 is 0 Å². The van der Waals surface area contributed by atoms with Crippen LogP contribution in [0.1, 0.15) is 54.9 Å². The van der Waals surface area contributed by atoms with E-state index in [1.807, 2.05) is 19.9 Å². The zero-order valence-electron chi connectivity index (χ0n) is 18.1. The summed E-state index contributed by atoms with van der Waals surface area (Å²) in [4.78, 5) is 31.1. The molecule has 8 heteroatoms. The molecule has 8 nitrogen and oxygen atoms in total. The molecule has 0 unspecified atom stereocenters. The second-order valence-electron chi connectivity index (χ2n) is 8.10. The van der Waals surface area contributed by atoms with Crippen LogP contribution in [-0.4, -0.2) is 39.1 Å². The zero-order chi connectivity index (χ0) is 22.0. The molecule has 0 spiro atoms. The molecule has 2 N–H and O–H groups in total. The number of hydrogen-bond acceptors (Lipinski definition) is 5. The number of pyridine rings is 2. The van der Waals surface area contributed by atoms with Crippen LogP contribution in [0.15, 0.2) is 29.2 Å². The van der Waals surface area contributed by atoms with Crippen LogP contribution in [-0.2, 0) is 11.3 Å². The van der Waals surface area contributed by atoms with Gasteiger partial charge in [-0.05, 0) is 50.8 Å². The zero-order valence-corrected chi connectivity index (χ0v) is 18.1. The summed E-state index contributed by atoms with van der Waals surface area (Å²) in [6.45, 7) is 5.43. The van der Waals surface area contributed by atoms with Gasteiger partial charge in [-0.2, -0.15) is 0 Å². The molecule has 3 aromatic rings. The average Bonchev–Trinajstić information content (AvgIpc) is 3.26. The predicted molar refractivity (Wildman–Crippen MR) is 118 cm³/mol. The highest BCUT2D eigenvalue weighted by molar-refractivity contribution is 5.97. The molecule has 0 atom stereocenters. The Bertz CT molecular complexity index is 1240. The summed E-state index contributed by atoms with van der Waals surface area (Å²) in [7, 11) is 0. The first-order valence-corrected chi connectivity index (χ1v) is 11.0. The van der Waals surface area contributed by atoms with Gasteiger partial charge in [0.25, 0.3) is 11.5 Å². The van der Waals surface area contributed by atoms with Gasteiger partial charge in [0.05, 0.1) is 10.9 Å². The van der Waals surface area contributed by atoms with Gasteiger partial charge in [0.2, 0.25) is 0 Å². The first-order chi connectivity index (χ1) is 15.0.